The summed E-state index contributed by atoms with van der Waals surface area (Å²) in [4.78, 5) is 17.8. The molecule has 0 bridgehead atoms. The van der Waals surface area contributed by atoms with E-state index in [2.05, 4.69) is 58.1 Å². The zero-order valence-electron chi connectivity index (χ0n) is 26.3. The lowest BCUT2D eigenvalue weighted by molar-refractivity contribution is -0.160. The molecule has 0 saturated carbocycles. The summed E-state index contributed by atoms with van der Waals surface area (Å²) < 4.78 is 12.0. The number of nitrogens with one attached hydrogen (secondary N) is 1. The number of aliphatic carboxylic acids is 1. The van der Waals surface area contributed by atoms with Gasteiger partial charge in [-0.15, -0.1) is 0 Å². The van der Waals surface area contributed by atoms with Crippen LogP contribution in [0.1, 0.15) is 75.6 Å². The Morgan fingerprint density at radius 3 is 2.32 bits per heavy atom. The van der Waals surface area contributed by atoms with Crippen LogP contribution < -0.4 is 10.1 Å². The molecule has 0 aliphatic carbocycles. The van der Waals surface area contributed by atoms with Crippen molar-refractivity contribution in [1.82, 2.24) is 4.98 Å². The predicted molar refractivity (Wildman–Crippen MR) is 172 cm³/mol. The molecule has 1 aliphatic rings. The minimum Gasteiger partial charge on any atom is -0.490 e. The number of fused-ring (bicyclic) bond motifs is 1. The normalized spacial score (nSPS) is 13.4. The van der Waals surface area contributed by atoms with Crippen molar-refractivity contribution in [3.8, 4) is 28.1 Å². The SMILES string of the molecule is CC(C)C.CSCc1nc(-c2ccc(C)c(C)c2)c(C)c(-c2ccc3c(c2)NCCO3)c1[C@H](OC(C)(C)C)C(=O)O. The summed E-state index contributed by atoms with van der Waals surface area (Å²) in [6.45, 7) is 19.7. The van der Waals surface area contributed by atoms with Crippen LogP contribution in [0.15, 0.2) is 36.4 Å². The number of thioether (sulfide) groups is 1. The maximum absolute atomic E-state index is 12.7. The molecule has 222 valence electrons. The van der Waals surface area contributed by atoms with E-state index >= 15 is 0 Å². The van der Waals surface area contributed by atoms with Gasteiger partial charge in [-0.3, -0.25) is 4.98 Å². The average molecular weight is 579 g/mol. The molecule has 1 atom stereocenters. The highest BCUT2D eigenvalue weighted by Crippen LogP contribution is 2.43. The smallest absolute Gasteiger partial charge is 0.337 e. The number of hydrogen-bond acceptors (Lipinski definition) is 6. The van der Waals surface area contributed by atoms with Crippen molar-refractivity contribution >= 4 is 23.4 Å². The molecular weight excluding hydrogens is 532 g/mol. The largest absolute Gasteiger partial charge is 0.490 e. The number of anilines is 1. The third-order valence-electron chi connectivity index (χ3n) is 6.52. The Balaban J connectivity index is 0.00000108. The highest BCUT2D eigenvalue weighted by Gasteiger charge is 2.34. The molecule has 1 aromatic heterocycles. The molecule has 7 heteroatoms. The van der Waals surface area contributed by atoms with Gasteiger partial charge in [0.05, 0.1) is 22.7 Å². The first-order valence-electron chi connectivity index (χ1n) is 14.2. The van der Waals surface area contributed by atoms with E-state index in [1.807, 2.05) is 52.1 Å². The second-order valence-electron chi connectivity index (χ2n) is 12.2. The van der Waals surface area contributed by atoms with Gasteiger partial charge in [0.1, 0.15) is 12.4 Å². The maximum atomic E-state index is 12.7. The number of carboxylic acids is 1. The Kier molecular flexibility index (Phi) is 10.9. The van der Waals surface area contributed by atoms with Crippen molar-refractivity contribution in [2.24, 2.45) is 5.92 Å². The van der Waals surface area contributed by atoms with E-state index in [1.54, 1.807) is 11.8 Å². The number of ether oxygens (including phenoxy) is 2. The molecule has 0 unspecified atom stereocenters. The molecule has 0 saturated heterocycles. The van der Waals surface area contributed by atoms with Gasteiger partial charge in [-0.05, 0) is 99.7 Å². The number of carbonyl (C=O) groups is 1. The van der Waals surface area contributed by atoms with Crippen LogP contribution in [0.5, 0.6) is 5.75 Å². The van der Waals surface area contributed by atoms with Crippen molar-refractivity contribution in [1.29, 1.82) is 0 Å². The lowest BCUT2D eigenvalue weighted by Crippen LogP contribution is -2.29. The molecule has 4 rings (SSSR count). The van der Waals surface area contributed by atoms with Crippen LogP contribution >= 0.6 is 11.8 Å². The minimum absolute atomic E-state index is 0.560. The van der Waals surface area contributed by atoms with Gasteiger partial charge >= 0.3 is 5.97 Å². The van der Waals surface area contributed by atoms with Gasteiger partial charge in [-0.1, -0.05) is 39.0 Å². The van der Waals surface area contributed by atoms with Gasteiger partial charge < -0.3 is 19.9 Å². The molecule has 0 amide bonds. The van der Waals surface area contributed by atoms with Gasteiger partial charge in [0, 0.05) is 23.4 Å². The average Bonchev–Trinajstić information content (AvgIpc) is 2.88. The molecule has 2 N–H and O–H groups in total. The summed E-state index contributed by atoms with van der Waals surface area (Å²) in [5.74, 6) is 1.16. The molecule has 0 fully saturated rings. The van der Waals surface area contributed by atoms with Crippen LogP contribution in [0.3, 0.4) is 0 Å². The number of aryl methyl sites for hydroxylation is 2. The van der Waals surface area contributed by atoms with Crippen LogP contribution in [-0.4, -0.2) is 41.1 Å². The maximum Gasteiger partial charge on any atom is 0.337 e. The second kappa shape index (κ2) is 13.8. The first kappa shape index (κ1) is 32.5. The highest BCUT2D eigenvalue weighted by atomic mass is 32.2. The van der Waals surface area contributed by atoms with Gasteiger partial charge in [-0.25, -0.2) is 4.79 Å². The number of rotatable bonds is 7. The summed E-state index contributed by atoms with van der Waals surface area (Å²) in [5, 5.41) is 13.8. The van der Waals surface area contributed by atoms with Crippen LogP contribution in [-0.2, 0) is 15.3 Å². The van der Waals surface area contributed by atoms with E-state index in [0.717, 1.165) is 57.5 Å². The molecular formula is C34H46N2O4S. The molecule has 0 radical (unpaired) electrons. The van der Waals surface area contributed by atoms with Crippen LogP contribution in [0, 0.1) is 26.7 Å². The number of carboxylic acid groups (broad SMARTS) is 1. The molecule has 41 heavy (non-hydrogen) atoms. The minimum atomic E-state index is -1.17. The fraction of sp³-hybridized carbons (Fsp3) is 0.471. The Morgan fingerprint density at radius 1 is 1.07 bits per heavy atom. The zero-order valence-corrected chi connectivity index (χ0v) is 27.1. The van der Waals surface area contributed by atoms with Crippen LogP contribution in [0.4, 0.5) is 5.69 Å². The fourth-order valence-corrected chi connectivity index (χ4v) is 5.19. The van der Waals surface area contributed by atoms with E-state index in [0.29, 0.717) is 17.9 Å². The van der Waals surface area contributed by atoms with E-state index < -0.39 is 17.7 Å². The molecule has 3 aromatic rings. The zero-order chi connectivity index (χ0) is 30.5. The third-order valence-corrected chi connectivity index (χ3v) is 7.08. The van der Waals surface area contributed by atoms with Gasteiger partial charge in [0.2, 0.25) is 0 Å². The molecule has 2 heterocycles. The summed E-state index contributed by atoms with van der Waals surface area (Å²) in [6.07, 6.45) is 0.832. The van der Waals surface area contributed by atoms with Gasteiger partial charge in [-0.2, -0.15) is 11.8 Å². The standard InChI is InChI=1S/C30H36N2O4S.C4H10/c1-17-8-9-21(14-18(17)2)27-19(3)25(20-10-11-24-22(15-20)31-12-13-35-24)26(23(32-27)16-37-7)28(29(33)34)36-30(4,5)6;1-4(2)3/h8-11,14-15,28,31H,12-13,16H2,1-7H3,(H,33,34);4H,1-3H3/t28-;/m0./s1. The van der Waals surface area contributed by atoms with Gasteiger partial charge in [0.15, 0.2) is 6.10 Å². The van der Waals surface area contributed by atoms with Crippen molar-refractivity contribution in [3.63, 3.8) is 0 Å². The Morgan fingerprint density at radius 2 is 1.73 bits per heavy atom. The van der Waals surface area contributed by atoms with Crippen molar-refractivity contribution in [3.05, 3.63) is 64.3 Å². The third kappa shape index (κ3) is 8.26. The van der Waals surface area contributed by atoms with Crippen molar-refractivity contribution in [2.75, 3.05) is 24.7 Å². The molecule has 1 aliphatic heterocycles. The Bertz CT molecular complexity index is 1380. The van der Waals surface area contributed by atoms with Crippen LogP contribution in [0.25, 0.3) is 22.4 Å². The Hall–Kier alpha value is -3.03. The summed E-state index contributed by atoms with van der Waals surface area (Å²) in [5.41, 5.74) is 8.50. The number of benzene rings is 2. The summed E-state index contributed by atoms with van der Waals surface area (Å²) in [7, 11) is 0. The topological polar surface area (TPSA) is 80.7 Å². The lowest BCUT2D eigenvalue weighted by atomic mass is 9.88. The van der Waals surface area contributed by atoms with Crippen molar-refractivity contribution < 1.29 is 19.4 Å². The fourth-order valence-electron chi connectivity index (χ4n) is 4.70. The molecule has 6 nitrogen and oxygen atoms in total. The van der Waals surface area contributed by atoms with Crippen molar-refractivity contribution in [2.45, 2.75) is 79.8 Å². The summed E-state index contributed by atoms with van der Waals surface area (Å²) >= 11 is 1.61. The summed E-state index contributed by atoms with van der Waals surface area (Å²) in [6, 6.07) is 12.3. The van der Waals surface area contributed by atoms with E-state index in [4.69, 9.17) is 14.5 Å². The highest BCUT2D eigenvalue weighted by molar-refractivity contribution is 7.97. The van der Waals surface area contributed by atoms with E-state index in [-0.39, 0.29) is 0 Å². The monoisotopic (exact) mass is 578 g/mol. The first-order chi connectivity index (χ1) is 19.2. The first-order valence-corrected chi connectivity index (χ1v) is 15.6. The van der Waals surface area contributed by atoms with E-state index in [1.165, 1.54) is 11.1 Å². The number of pyridine rings is 1. The van der Waals surface area contributed by atoms with Crippen LogP contribution in [0.2, 0.25) is 0 Å². The number of nitrogens with zero attached hydrogens (tertiary/aromatic N) is 1. The van der Waals surface area contributed by atoms with Gasteiger partial charge in [0.25, 0.3) is 0 Å². The van der Waals surface area contributed by atoms with E-state index in [9.17, 15) is 9.90 Å². The predicted octanol–water partition coefficient (Wildman–Crippen LogP) is 8.61. The Labute approximate surface area is 250 Å². The molecule has 2 aromatic carbocycles. The molecule has 0 spiro atoms. The lowest BCUT2D eigenvalue weighted by Gasteiger charge is -2.30. The quantitative estimate of drug-likeness (QED) is 0.290. The number of aromatic nitrogens is 1. The second-order valence-corrected chi connectivity index (χ2v) is 13.1. The number of hydrogen-bond donors (Lipinski definition) is 2.